The Morgan fingerprint density at radius 1 is 0.955 bits per heavy atom. The molecule has 0 radical (unpaired) electrons. The first-order valence-electron chi connectivity index (χ1n) is 7.45. The topological polar surface area (TPSA) is 24.1 Å². The van der Waals surface area contributed by atoms with Crippen LogP contribution in [0.1, 0.15) is 16.7 Å². The Labute approximate surface area is 142 Å². The van der Waals surface area contributed by atoms with Gasteiger partial charge in [-0.05, 0) is 55.2 Å². The molecule has 0 aliphatic rings. The van der Waals surface area contributed by atoms with Gasteiger partial charge in [0.15, 0.2) is 5.11 Å². The molecule has 0 aliphatic heterocycles. The summed E-state index contributed by atoms with van der Waals surface area (Å²) in [5, 5.41) is 7.94. The van der Waals surface area contributed by atoms with Crippen LogP contribution in [0.5, 0.6) is 0 Å². The molecule has 0 saturated heterocycles. The van der Waals surface area contributed by atoms with Crippen molar-refractivity contribution >= 4 is 28.9 Å². The molecule has 116 valence electrons. The quantitative estimate of drug-likeness (QED) is 0.785. The molecule has 2 N–H and O–H groups in total. The van der Waals surface area contributed by atoms with Gasteiger partial charge in [-0.2, -0.15) is 0 Å². The van der Waals surface area contributed by atoms with Gasteiger partial charge >= 0.3 is 0 Å². The maximum Gasteiger partial charge on any atom is 0.166 e. The zero-order valence-corrected chi connectivity index (χ0v) is 14.3. The van der Waals surface area contributed by atoms with Crippen molar-refractivity contribution in [3.05, 3.63) is 70.2 Å². The summed E-state index contributed by atoms with van der Waals surface area (Å²) in [4.78, 5) is 0. The molecule has 0 bridgehead atoms. The van der Waals surface area contributed by atoms with E-state index in [9.17, 15) is 0 Å². The van der Waals surface area contributed by atoms with E-state index in [1.54, 1.807) is 0 Å². The normalized spacial score (nSPS) is 10.3. The van der Waals surface area contributed by atoms with Crippen molar-refractivity contribution in [3.8, 4) is 0 Å². The van der Waals surface area contributed by atoms with E-state index in [2.05, 4.69) is 47.9 Å². The molecule has 0 spiro atoms. The molecule has 2 nitrogen and oxygen atoms in total. The van der Waals surface area contributed by atoms with Gasteiger partial charge in [-0.1, -0.05) is 53.6 Å². The molecule has 0 atom stereocenters. The highest BCUT2D eigenvalue weighted by molar-refractivity contribution is 7.80. The zero-order valence-electron chi connectivity index (χ0n) is 12.7. The van der Waals surface area contributed by atoms with Crippen LogP contribution in [0.4, 0.5) is 0 Å². The second-order valence-corrected chi connectivity index (χ2v) is 6.14. The molecule has 0 amide bonds. The second-order valence-electron chi connectivity index (χ2n) is 5.30. The van der Waals surface area contributed by atoms with E-state index >= 15 is 0 Å². The van der Waals surface area contributed by atoms with E-state index in [1.807, 2.05) is 18.2 Å². The van der Waals surface area contributed by atoms with Crippen molar-refractivity contribution in [1.29, 1.82) is 0 Å². The van der Waals surface area contributed by atoms with Crippen LogP contribution >= 0.6 is 23.8 Å². The van der Waals surface area contributed by atoms with Gasteiger partial charge in [-0.3, -0.25) is 0 Å². The molecule has 0 fully saturated rings. The van der Waals surface area contributed by atoms with Crippen molar-refractivity contribution < 1.29 is 0 Å². The van der Waals surface area contributed by atoms with Crippen LogP contribution in [0.3, 0.4) is 0 Å². The van der Waals surface area contributed by atoms with Gasteiger partial charge in [0.25, 0.3) is 0 Å². The monoisotopic (exact) mass is 332 g/mol. The lowest BCUT2D eigenvalue weighted by atomic mass is 10.1. The molecule has 0 heterocycles. The number of hydrogen-bond acceptors (Lipinski definition) is 1. The van der Waals surface area contributed by atoms with Gasteiger partial charge in [0.1, 0.15) is 0 Å². The molecule has 2 aromatic rings. The molecule has 0 aromatic heterocycles. The molecule has 0 saturated carbocycles. The number of nitrogens with one attached hydrogen (secondary N) is 2. The van der Waals surface area contributed by atoms with Crippen molar-refractivity contribution in [2.24, 2.45) is 0 Å². The van der Waals surface area contributed by atoms with Crippen molar-refractivity contribution in [3.63, 3.8) is 0 Å². The predicted octanol–water partition coefficient (Wildman–Crippen LogP) is 3.90. The Balaban J connectivity index is 1.62. The largest absolute Gasteiger partial charge is 0.362 e. The number of hydrogen-bond donors (Lipinski definition) is 2. The highest BCUT2D eigenvalue weighted by Gasteiger charge is 1.98. The first kappa shape index (κ1) is 16.8. The number of rotatable bonds is 6. The fourth-order valence-electron chi connectivity index (χ4n) is 2.15. The van der Waals surface area contributed by atoms with Crippen LogP contribution in [0.25, 0.3) is 0 Å². The highest BCUT2D eigenvalue weighted by Crippen LogP contribution is 2.10. The predicted molar refractivity (Wildman–Crippen MR) is 98.6 cm³/mol. The van der Waals surface area contributed by atoms with E-state index in [0.29, 0.717) is 5.11 Å². The summed E-state index contributed by atoms with van der Waals surface area (Å²) in [7, 11) is 0. The van der Waals surface area contributed by atoms with Gasteiger partial charge in [-0.15, -0.1) is 0 Å². The highest BCUT2D eigenvalue weighted by atomic mass is 35.5. The first-order chi connectivity index (χ1) is 10.6. The lowest BCUT2D eigenvalue weighted by Crippen LogP contribution is -2.37. The molecule has 22 heavy (non-hydrogen) atoms. The maximum absolute atomic E-state index is 5.96. The maximum atomic E-state index is 5.96. The summed E-state index contributed by atoms with van der Waals surface area (Å²) in [6.07, 6.45) is 1.87. The number of aryl methyl sites for hydroxylation is 1. The third kappa shape index (κ3) is 6.04. The Morgan fingerprint density at radius 2 is 1.59 bits per heavy atom. The average Bonchev–Trinajstić information content (AvgIpc) is 2.49. The van der Waals surface area contributed by atoms with Gasteiger partial charge < -0.3 is 10.6 Å². The summed E-state index contributed by atoms with van der Waals surface area (Å²) >= 11 is 11.2. The molecule has 2 aromatic carbocycles. The first-order valence-corrected chi connectivity index (χ1v) is 8.24. The Bertz CT molecular complexity index is 611. The third-order valence-corrected chi connectivity index (χ3v) is 3.93. The molecule has 2 rings (SSSR count). The Kier molecular flexibility index (Phi) is 6.69. The van der Waals surface area contributed by atoms with Crippen molar-refractivity contribution in [1.82, 2.24) is 10.6 Å². The van der Waals surface area contributed by atoms with Crippen LogP contribution in [0.15, 0.2) is 48.5 Å². The van der Waals surface area contributed by atoms with E-state index in [1.165, 1.54) is 16.7 Å². The second kappa shape index (κ2) is 8.76. The number of benzene rings is 2. The van der Waals surface area contributed by atoms with E-state index < -0.39 is 0 Å². The minimum absolute atomic E-state index is 0.703. The summed E-state index contributed by atoms with van der Waals surface area (Å²) in [5.41, 5.74) is 3.82. The Hall–Kier alpha value is -1.58. The van der Waals surface area contributed by atoms with Gasteiger partial charge in [0.2, 0.25) is 0 Å². The van der Waals surface area contributed by atoms with Crippen LogP contribution in [0, 0.1) is 6.92 Å². The fourth-order valence-corrected chi connectivity index (χ4v) is 2.57. The van der Waals surface area contributed by atoms with Gasteiger partial charge in [0, 0.05) is 18.1 Å². The third-order valence-electron chi connectivity index (χ3n) is 3.41. The summed E-state index contributed by atoms with van der Waals surface area (Å²) in [5.74, 6) is 0. The molecule has 4 heteroatoms. The van der Waals surface area contributed by atoms with E-state index in [4.69, 9.17) is 23.8 Å². The lowest BCUT2D eigenvalue weighted by molar-refractivity contribution is 0.802. The zero-order chi connectivity index (χ0) is 15.8. The van der Waals surface area contributed by atoms with Crippen molar-refractivity contribution in [2.45, 2.75) is 19.8 Å². The van der Waals surface area contributed by atoms with Crippen LogP contribution in [-0.2, 0) is 12.8 Å². The SMILES string of the molecule is Cc1ccc(CCNC(=S)NCCc2cccc(Cl)c2)cc1. The standard InChI is InChI=1S/C18H21ClN2S/c1-14-5-7-15(8-6-14)9-11-20-18(22)21-12-10-16-3-2-4-17(19)13-16/h2-8,13H,9-12H2,1H3,(H2,20,21,22). The van der Waals surface area contributed by atoms with Gasteiger partial charge in [0.05, 0.1) is 0 Å². The van der Waals surface area contributed by atoms with Crippen LogP contribution < -0.4 is 10.6 Å². The lowest BCUT2D eigenvalue weighted by Gasteiger charge is -2.10. The molecular formula is C18H21ClN2S. The molecule has 0 unspecified atom stereocenters. The van der Waals surface area contributed by atoms with Crippen molar-refractivity contribution in [2.75, 3.05) is 13.1 Å². The smallest absolute Gasteiger partial charge is 0.166 e. The minimum atomic E-state index is 0.703. The Morgan fingerprint density at radius 3 is 2.23 bits per heavy atom. The minimum Gasteiger partial charge on any atom is -0.362 e. The molecule has 0 aliphatic carbocycles. The van der Waals surface area contributed by atoms with E-state index in [-0.39, 0.29) is 0 Å². The number of halogens is 1. The van der Waals surface area contributed by atoms with Gasteiger partial charge in [-0.25, -0.2) is 0 Å². The van der Waals surface area contributed by atoms with E-state index in [0.717, 1.165) is 31.0 Å². The van der Waals surface area contributed by atoms with Crippen LogP contribution in [-0.4, -0.2) is 18.2 Å². The number of thiocarbonyl (C=S) groups is 1. The fraction of sp³-hybridized carbons (Fsp3) is 0.278. The summed E-state index contributed by atoms with van der Waals surface area (Å²) < 4.78 is 0. The van der Waals surface area contributed by atoms with Crippen LogP contribution in [0.2, 0.25) is 5.02 Å². The molecular weight excluding hydrogens is 312 g/mol. The summed E-state index contributed by atoms with van der Waals surface area (Å²) in [6, 6.07) is 16.5. The summed E-state index contributed by atoms with van der Waals surface area (Å²) in [6.45, 7) is 3.74. The average molecular weight is 333 g/mol.